The van der Waals surface area contributed by atoms with Crippen LogP contribution in [0.15, 0.2) is 0 Å². The van der Waals surface area contributed by atoms with E-state index in [0.29, 0.717) is 6.04 Å². The van der Waals surface area contributed by atoms with E-state index >= 15 is 0 Å². The van der Waals surface area contributed by atoms with Gasteiger partial charge in [0, 0.05) is 6.04 Å². The molecule has 1 aliphatic rings. The molecule has 0 amide bonds. The van der Waals surface area contributed by atoms with Crippen LogP contribution in [0.5, 0.6) is 0 Å². The average Bonchev–Trinajstić information content (AvgIpc) is 1.85. The fourth-order valence-electron chi connectivity index (χ4n) is 1.13. The van der Waals surface area contributed by atoms with Gasteiger partial charge in [0.1, 0.15) is 0 Å². The van der Waals surface area contributed by atoms with Crippen molar-refractivity contribution in [3.05, 3.63) is 0 Å². The Morgan fingerprint density at radius 3 is 1.58 bits per heavy atom. The second-order valence-corrected chi connectivity index (χ2v) is 4.24. The fraction of sp³-hybridized carbons (Fsp3) is 1.00. The van der Waals surface area contributed by atoms with Gasteiger partial charge in [-0.3, -0.25) is 0 Å². The zero-order valence-corrected chi connectivity index (χ0v) is 8.08. The van der Waals surface area contributed by atoms with Crippen LogP contribution < -0.4 is 5.73 Å². The van der Waals surface area contributed by atoms with Crippen molar-refractivity contribution in [2.75, 3.05) is 0 Å². The van der Waals surface area contributed by atoms with E-state index in [1.165, 1.54) is 32.1 Å². The predicted molar refractivity (Wildman–Crippen MR) is 36.9 cm³/mol. The Balaban J connectivity index is 0.000000217. The van der Waals surface area contributed by atoms with E-state index in [2.05, 4.69) is 0 Å². The molecule has 1 fully saturated rings. The van der Waals surface area contributed by atoms with Gasteiger partial charge in [0.2, 0.25) is 0 Å². The van der Waals surface area contributed by atoms with Crippen LogP contribution in [-0.2, 0) is 21.2 Å². The van der Waals surface area contributed by atoms with Crippen LogP contribution in [0.25, 0.3) is 0 Å². The van der Waals surface area contributed by atoms with Gasteiger partial charge in [0.15, 0.2) is 0 Å². The van der Waals surface area contributed by atoms with Crippen LogP contribution in [0.1, 0.15) is 32.1 Å². The average molecular weight is 217 g/mol. The van der Waals surface area contributed by atoms with E-state index in [1.54, 1.807) is 0 Å². The molecule has 0 aromatic heterocycles. The molecule has 0 aliphatic heterocycles. The summed E-state index contributed by atoms with van der Waals surface area (Å²) in [5.74, 6) is 0. The Morgan fingerprint density at radius 1 is 1.08 bits per heavy atom. The third-order valence-electron chi connectivity index (χ3n) is 1.65. The van der Waals surface area contributed by atoms with E-state index in [-0.39, 0.29) is 0 Å². The zero-order chi connectivity index (χ0) is 9.61. The van der Waals surface area contributed by atoms with Crippen molar-refractivity contribution in [3.8, 4) is 0 Å². The van der Waals surface area contributed by atoms with Crippen LogP contribution in [0, 0.1) is 0 Å². The van der Waals surface area contributed by atoms with Gasteiger partial charge < -0.3 is 5.73 Å². The molecule has 0 atom stereocenters. The Bertz CT molecular complexity index is 188. The van der Waals surface area contributed by atoms with Gasteiger partial charge in [-0.25, -0.2) is 0 Å². The van der Waals surface area contributed by atoms with Crippen molar-refractivity contribution >= 4 is 0 Å². The summed E-state index contributed by atoms with van der Waals surface area (Å²) in [5, 5.41) is 0. The standard InChI is InChI=1S/C6H13N.Cr.2H2O.2O/c7-6-4-2-1-3-5-6;;;;;/h6H,1-5,7H2;;2*1H2;;/q;+2;;;;/p-2. The first-order valence-corrected chi connectivity index (χ1v) is 6.03. The molecule has 4 N–H and O–H groups in total. The van der Waals surface area contributed by atoms with E-state index < -0.39 is 13.6 Å². The van der Waals surface area contributed by atoms with E-state index in [4.69, 9.17) is 21.7 Å². The van der Waals surface area contributed by atoms with Crippen LogP contribution >= 0.6 is 0 Å². The Morgan fingerprint density at radius 2 is 1.42 bits per heavy atom. The second kappa shape index (κ2) is 5.62. The maximum absolute atomic E-state index is 8.82. The molecule has 0 bridgehead atoms. The summed E-state index contributed by atoms with van der Waals surface area (Å²) >= 11 is -5.25. The van der Waals surface area contributed by atoms with E-state index in [9.17, 15) is 0 Å². The van der Waals surface area contributed by atoms with Crippen molar-refractivity contribution < 1.29 is 29.5 Å². The number of hydrogen-bond acceptors (Lipinski definition) is 3. The SMILES string of the molecule is NC1CCCCC1.[O]=[Cr](=[O])([OH])[OH]. The molecule has 6 heteroatoms. The molecule has 12 heavy (non-hydrogen) atoms. The first-order chi connectivity index (χ1) is 5.39. The van der Waals surface area contributed by atoms with E-state index in [0.717, 1.165) is 0 Å². The first kappa shape index (κ1) is 12.0. The van der Waals surface area contributed by atoms with Gasteiger partial charge in [-0.2, -0.15) is 0 Å². The van der Waals surface area contributed by atoms with Gasteiger partial charge in [0.25, 0.3) is 0 Å². The second-order valence-electron chi connectivity index (χ2n) is 2.85. The third kappa shape index (κ3) is 12.7. The minimum atomic E-state index is -5.25. The first-order valence-electron chi connectivity index (χ1n) is 3.85. The van der Waals surface area contributed by atoms with Crippen molar-refractivity contribution in [3.63, 3.8) is 0 Å². The van der Waals surface area contributed by atoms with Crippen LogP contribution in [-0.4, -0.2) is 14.4 Å². The van der Waals surface area contributed by atoms with Gasteiger partial charge in [-0.15, -0.1) is 0 Å². The maximum atomic E-state index is 8.82. The molecule has 0 heterocycles. The van der Waals surface area contributed by atoms with E-state index in [1.807, 2.05) is 0 Å². The van der Waals surface area contributed by atoms with Crippen molar-refractivity contribution in [2.45, 2.75) is 38.1 Å². The number of nitrogens with two attached hydrogens (primary N) is 1. The summed E-state index contributed by atoms with van der Waals surface area (Å²) in [6, 6.07) is 0.536. The molecule has 0 saturated heterocycles. The summed E-state index contributed by atoms with van der Waals surface area (Å²) in [6.45, 7) is 0. The third-order valence-corrected chi connectivity index (χ3v) is 1.65. The molecular formula is C6H15CrNO4. The molecule has 0 aromatic carbocycles. The van der Waals surface area contributed by atoms with Crippen LogP contribution in [0.4, 0.5) is 0 Å². The Hall–Kier alpha value is 0.0125. The molecule has 0 aromatic rings. The van der Waals surface area contributed by atoms with Crippen molar-refractivity contribution in [1.82, 2.24) is 0 Å². The van der Waals surface area contributed by atoms with Crippen LogP contribution in [0.2, 0.25) is 0 Å². The molecule has 74 valence electrons. The molecule has 0 spiro atoms. The summed E-state index contributed by atoms with van der Waals surface area (Å²) in [4.78, 5) is 0. The Labute approximate surface area is 74.0 Å². The predicted octanol–water partition coefficient (Wildman–Crippen LogP) is -0.0763. The summed E-state index contributed by atoms with van der Waals surface area (Å²) in [6.07, 6.45) is 6.66. The Kier molecular flexibility index (Phi) is 5.63. The molecule has 1 rings (SSSR count). The quantitative estimate of drug-likeness (QED) is 0.527. The van der Waals surface area contributed by atoms with Crippen LogP contribution in [0.3, 0.4) is 0 Å². The summed E-state index contributed by atoms with van der Waals surface area (Å²) in [5.41, 5.74) is 5.63. The minimum absolute atomic E-state index is 0.536. The molecule has 0 radical (unpaired) electrons. The molecule has 1 aliphatic carbocycles. The number of hydrogen-bond donors (Lipinski definition) is 3. The topological polar surface area (TPSA) is 101 Å². The molecular weight excluding hydrogens is 202 g/mol. The molecule has 5 nitrogen and oxygen atoms in total. The van der Waals surface area contributed by atoms with Gasteiger partial charge in [-0.1, -0.05) is 19.3 Å². The van der Waals surface area contributed by atoms with Crippen molar-refractivity contribution in [2.24, 2.45) is 5.73 Å². The summed E-state index contributed by atoms with van der Waals surface area (Å²) < 4.78 is 31.9. The fourth-order valence-corrected chi connectivity index (χ4v) is 1.13. The van der Waals surface area contributed by atoms with Gasteiger partial charge >= 0.3 is 29.5 Å². The van der Waals surface area contributed by atoms with Gasteiger partial charge in [-0.05, 0) is 12.8 Å². The molecule has 0 unspecified atom stereocenters. The molecule has 1 saturated carbocycles. The summed E-state index contributed by atoms with van der Waals surface area (Å²) in [7, 11) is 0. The normalized spacial score (nSPS) is 19.6. The number of rotatable bonds is 0. The zero-order valence-electron chi connectivity index (χ0n) is 6.81. The van der Waals surface area contributed by atoms with Crippen molar-refractivity contribution in [1.29, 1.82) is 0 Å². The monoisotopic (exact) mass is 217 g/mol. The van der Waals surface area contributed by atoms with Gasteiger partial charge in [0.05, 0.1) is 0 Å².